The minimum atomic E-state index is -4.74. The Kier molecular flexibility index (Phi) is 3.65. The molecule has 14 nitrogen and oxygen atoms in total. The number of carbonyl (C=O) groups excluding carboxylic acids is 1. The van der Waals surface area contributed by atoms with Crippen LogP contribution in [-0.2, 0) is 23.1 Å². The quantitative estimate of drug-likeness (QED) is 0.231. The molecule has 2 fully saturated rings. The lowest BCUT2D eigenvalue weighted by molar-refractivity contribution is -0.224. The fourth-order valence-electron chi connectivity index (χ4n) is 3.28. The summed E-state index contributed by atoms with van der Waals surface area (Å²) in [7, 11) is -4.74. The molecule has 6 atom stereocenters. The first kappa shape index (κ1) is 17.1. The molecule has 0 aromatic carbocycles. The van der Waals surface area contributed by atoms with Gasteiger partial charge >= 0.3 is 19.9 Å². The summed E-state index contributed by atoms with van der Waals surface area (Å²) in [6.45, 7) is -0.0983. The highest BCUT2D eigenvalue weighted by Gasteiger charge is 2.60. The van der Waals surface area contributed by atoms with Gasteiger partial charge in [0, 0.05) is 0 Å². The van der Waals surface area contributed by atoms with Crippen LogP contribution in [0.25, 0.3) is 0 Å². The van der Waals surface area contributed by atoms with Crippen molar-refractivity contribution in [3.05, 3.63) is 11.5 Å². The number of carboxylic acid groups (broad SMARTS) is 1. The maximum Gasteiger partial charge on any atom is 0.530 e. The van der Waals surface area contributed by atoms with E-state index in [0.29, 0.717) is 0 Å². The fraction of sp³-hybridized carbons (Fsp3) is 0.545. The van der Waals surface area contributed by atoms with Crippen LogP contribution in [0.1, 0.15) is 0 Å². The molecule has 1 amide bonds. The highest BCUT2D eigenvalue weighted by atomic mass is 31.2. The Morgan fingerprint density at radius 3 is 2.88 bits per heavy atom. The molecule has 0 radical (unpaired) electrons. The second-order valence-corrected chi connectivity index (χ2v) is 7.18. The van der Waals surface area contributed by atoms with Gasteiger partial charge in [0.15, 0.2) is 18.3 Å². The minimum Gasteiger partial charge on any atom is -0.465 e. The van der Waals surface area contributed by atoms with E-state index in [1.54, 1.807) is 0 Å². The molecule has 0 bridgehead atoms. The second kappa shape index (κ2) is 5.56. The third kappa shape index (κ3) is 2.50. The molecule has 0 aromatic heterocycles. The molecular formula is C11H14N5O9P. The van der Waals surface area contributed by atoms with Crippen molar-refractivity contribution in [1.29, 1.82) is 0 Å². The molecular weight excluding hydrogens is 377 g/mol. The summed E-state index contributed by atoms with van der Waals surface area (Å²) in [6.07, 6.45) is -7.41. The average molecular weight is 391 g/mol. The normalized spacial score (nSPS) is 41.6. The predicted molar refractivity (Wildman–Crippen MR) is 78.9 cm³/mol. The highest BCUT2D eigenvalue weighted by Crippen LogP contribution is 2.51. The minimum absolute atomic E-state index is 0.0379. The molecule has 0 aromatic rings. The predicted octanol–water partition coefficient (Wildman–Crippen LogP) is -2.85. The van der Waals surface area contributed by atoms with Gasteiger partial charge in [0.25, 0.3) is 0 Å². The van der Waals surface area contributed by atoms with Crippen molar-refractivity contribution in [3.8, 4) is 0 Å². The number of aliphatic hydroxyl groups excluding tert-OH is 1. The van der Waals surface area contributed by atoms with Crippen LogP contribution in [0.5, 0.6) is 0 Å². The standard InChI is InChI=1S/C11H14N5O9P/c12-10-13-1-2-7(15-10)14-8-3(16(2)11(19)20)4(17)5-6(23-8)9(18)25-26(21,22)24-5/h3-6,8,14,17H,1H2,(H,19,20)(H,21,22)(H3,12,13,15). The van der Waals surface area contributed by atoms with Gasteiger partial charge in [0.05, 0.1) is 12.2 Å². The van der Waals surface area contributed by atoms with E-state index in [2.05, 4.69) is 20.1 Å². The smallest absolute Gasteiger partial charge is 0.465 e. The monoisotopic (exact) mass is 391 g/mol. The molecule has 15 heteroatoms. The number of nitrogens with one attached hydrogen (secondary N) is 2. The number of guanidine groups is 1. The van der Waals surface area contributed by atoms with Gasteiger partial charge in [-0.25, -0.2) is 19.1 Å². The molecule has 4 aliphatic rings. The number of fused-ring (bicyclic) bond motifs is 2. The SMILES string of the molecule is NC1=NCC2=C(N1)NC1OC3C(=O)OP(=O)(O)OC3C(O)C1N2C(=O)O. The summed E-state index contributed by atoms with van der Waals surface area (Å²) in [5.41, 5.74) is 5.72. The first-order valence-corrected chi connectivity index (χ1v) is 8.84. The van der Waals surface area contributed by atoms with Crippen LogP contribution in [0.3, 0.4) is 0 Å². The Morgan fingerprint density at radius 1 is 1.46 bits per heavy atom. The summed E-state index contributed by atoms with van der Waals surface area (Å²) in [5.74, 6) is -0.980. The Morgan fingerprint density at radius 2 is 2.19 bits per heavy atom. The summed E-state index contributed by atoms with van der Waals surface area (Å²) in [4.78, 5) is 37.8. The summed E-state index contributed by atoms with van der Waals surface area (Å²) in [6, 6.07) is -1.28. The Balaban J connectivity index is 1.72. The van der Waals surface area contributed by atoms with E-state index >= 15 is 0 Å². The topological polar surface area (TPSA) is 205 Å². The van der Waals surface area contributed by atoms with Crippen LogP contribution in [0.15, 0.2) is 16.5 Å². The number of hydrogen-bond acceptors (Lipinski definition) is 11. The third-order valence-corrected chi connectivity index (χ3v) is 5.22. The van der Waals surface area contributed by atoms with Crippen molar-refractivity contribution in [1.82, 2.24) is 15.5 Å². The van der Waals surface area contributed by atoms with Crippen molar-refractivity contribution >= 4 is 25.8 Å². The van der Waals surface area contributed by atoms with Gasteiger partial charge in [0.2, 0.25) is 0 Å². The van der Waals surface area contributed by atoms with Crippen molar-refractivity contribution in [2.24, 2.45) is 10.7 Å². The van der Waals surface area contributed by atoms with E-state index in [-0.39, 0.29) is 24.0 Å². The van der Waals surface area contributed by atoms with Crippen LogP contribution < -0.4 is 16.4 Å². The molecule has 0 spiro atoms. The fourth-order valence-corrected chi connectivity index (χ4v) is 4.20. The lowest BCUT2D eigenvalue weighted by Crippen LogP contribution is -2.73. The van der Waals surface area contributed by atoms with E-state index < -0.39 is 50.5 Å². The molecule has 4 rings (SSSR count). The largest absolute Gasteiger partial charge is 0.530 e. The zero-order valence-electron chi connectivity index (χ0n) is 12.8. The zero-order chi connectivity index (χ0) is 18.8. The maximum absolute atomic E-state index is 11.9. The van der Waals surface area contributed by atoms with Crippen molar-refractivity contribution < 1.29 is 43.0 Å². The third-order valence-electron chi connectivity index (χ3n) is 4.30. The lowest BCUT2D eigenvalue weighted by Gasteiger charge is -2.51. The number of aliphatic imine (C=N–C) groups is 1. The van der Waals surface area contributed by atoms with Crippen LogP contribution in [0.2, 0.25) is 0 Å². The van der Waals surface area contributed by atoms with Gasteiger partial charge in [-0.1, -0.05) is 0 Å². The van der Waals surface area contributed by atoms with Gasteiger partial charge in [0.1, 0.15) is 24.1 Å². The first-order valence-electron chi connectivity index (χ1n) is 7.35. The zero-order valence-corrected chi connectivity index (χ0v) is 13.7. The number of aliphatic hydroxyl groups is 1. The number of rotatable bonds is 0. The average Bonchev–Trinajstić information content (AvgIpc) is 2.53. The molecule has 2 saturated heterocycles. The van der Waals surface area contributed by atoms with Gasteiger partial charge < -0.3 is 35.8 Å². The number of carbonyl (C=O) groups is 2. The van der Waals surface area contributed by atoms with Crippen molar-refractivity contribution in [3.63, 3.8) is 0 Å². The maximum atomic E-state index is 11.9. The number of nitrogens with two attached hydrogens (primary N) is 1. The number of phosphoric acid groups is 1. The van der Waals surface area contributed by atoms with Crippen LogP contribution in [0.4, 0.5) is 4.79 Å². The number of hydrogen-bond donors (Lipinski definition) is 6. The van der Waals surface area contributed by atoms with E-state index in [9.17, 15) is 29.3 Å². The lowest BCUT2D eigenvalue weighted by atomic mass is 9.92. The van der Waals surface area contributed by atoms with Crippen LogP contribution in [-0.4, -0.2) is 75.2 Å². The molecule has 6 unspecified atom stereocenters. The van der Waals surface area contributed by atoms with Gasteiger partial charge in [-0.15, -0.1) is 0 Å². The van der Waals surface area contributed by atoms with Gasteiger partial charge in [-0.05, 0) is 0 Å². The molecule has 142 valence electrons. The molecule has 7 N–H and O–H groups in total. The molecule has 26 heavy (non-hydrogen) atoms. The molecule has 0 saturated carbocycles. The van der Waals surface area contributed by atoms with E-state index in [1.165, 1.54) is 0 Å². The Hall–Kier alpha value is -2.38. The Bertz CT molecular complexity index is 799. The summed E-state index contributed by atoms with van der Waals surface area (Å²) >= 11 is 0. The van der Waals surface area contributed by atoms with E-state index in [4.69, 9.17) is 15.0 Å². The van der Waals surface area contributed by atoms with Gasteiger partial charge in [-0.3, -0.25) is 14.3 Å². The van der Waals surface area contributed by atoms with Gasteiger partial charge in [-0.2, -0.15) is 0 Å². The van der Waals surface area contributed by atoms with Crippen molar-refractivity contribution in [2.75, 3.05) is 6.54 Å². The van der Waals surface area contributed by atoms with Crippen LogP contribution in [0, 0.1) is 0 Å². The number of nitrogens with zero attached hydrogens (tertiary/aromatic N) is 2. The Labute approximate surface area is 144 Å². The molecule has 0 aliphatic carbocycles. The number of ether oxygens (including phenoxy) is 1. The first-order chi connectivity index (χ1) is 12.2. The summed E-state index contributed by atoms with van der Waals surface area (Å²) in [5, 5.41) is 25.7. The van der Waals surface area contributed by atoms with Crippen molar-refractivity contribution in [2.45, 2.75) is 30.6 Å². The number of amides is 1. The van der Waals surface area contributed by atoms with E-state index in [0.717, 1.165) is 4.90 Å². The number of phosphoric ester groups is 1. The molecule has 4 heterocycles. The van der Waals surface area contributed by atoms with Crippen LogP contribution >= 0.6 is 7.82 Å². The van der Waals surface area contributed by atoms with E-state index in [1.807, 2.05) is 0 Å². The second-order valence-electron chi connectivity index (χ2n) is 5.85. The highest BCUT2D eigenvalue weighted by molar-refractivity contribution is 7.48. The molecule has 4 aliphatic heterocycles. The summed E-state index contributed by atoms with van der Waals surface area (Å²) < 4.78 is 26.1.